The number of fused-ring (bicyclic) bond motifs is 8. The predicted octanol–water partition coefficient (Wildman–Crippen LogP) is 15.0. The largest absolute Gasteiger partial charge is 2.00 e. The summed E-state index contributed by atoms with van der Waals surface area (Å²) in [6.07, 6.45) is 17.2. The molecule has 0 saturated carbocycles. The van der Waals surface area contributed by atoms with E-state index in [9.17, 15) is 0 Å². The molecule has 0 aliphatic carbocycles. The standard InChI is InChI=1S/C54H72N4.Ni/c1-12-23-31-43-47-35(15-4)37(17-6)49(55-47)44(32-24-13-2)51-39(19-8)41(21-10)53(57-51)46(34-29-27-26-28-30-34)54-42(22-11)40(20-9)52(58-54)45(33-25-14-3)50-38(18-7)36(16-5)48(43)56-50;/h26-30H,12-25,31-33H2,1-11H3;/q-2;+2. The van der Waals surface area contributed by atoms with Gasteiger partial charge in [0.15, 0.2) is 0 Å². The fraction of sp³-hybridized carbons (Fsp3) is 0.519. The van der Waals surface area contributed by atoms with E-state index in [1.807, 2.05) is 0 Å². The Bertz CT molecular complexity index is 2330. The first-order valence-electron chi connectivity index (χ1n) is 23.6. The van der Waals surface area contributed by atoms with Gasteiger partial charge in [-0.25, -0.2) is 9.97 Å². The Morgan fingerprint density at radius 3 is 1.03 bits per heavy atom. The Hall–Kier alpha value is -3.69. The first-order valence-corrected chi connectivity index (χ1v) is 23.6. The van der Waals surface area contributed by atoms with Crippen molar-refractivity contribution in [2.24, 2.45) is 0 Å². The van der Waals surface area contributed by atoms with Crippen LogP contribution in [0.1, 0.15) is 202 Å². The van der Waals surface area contributed by atoms with Crippen LogP contribution in [0.5, 0.6) is 0 Å². The molecule has 4 aromatic rings. The van der Waals surface area contributed by atoms with Crippen LogP contribution < -0.4 is 9.97 Å². The fourth-order valence-electron chi connectivity index (χ4n) is 10.2. The zero-order valence-corrected chi connectivity index (χ0v) is 39.5. The third-order valence-corrected chi connectivity index (χ3v) is 13.1. The van der Waals surface area contributed by atoms with Gasteiger partial charge < -0.3 is 9.97 Å². The maximum atomic E-state index is 5.93. The van der Waals surface area contributed by atoms with Gasteiger partial charge in [0.25, 0.3) is 0 Å². The van der Waals surface area contributed by atoms with E-state index < -0.39 is 0 Å². The monoisotopic (exact) mass is 835 g/mol. The van der Waals surface area contributed by atoms with Gasteiger partial charge in [0, 0.05) is 0 Å². The molecule has 6 rings (SSSR count). The summed E-state index contributed by atoms with van der Waals surface area (Å²) >= 11 is 0. The van der Waals surface area contributed by atoms with E-state index in [-0.39, 0.29) is 16.5 Å². The van der Waals surface area contributed by atoms with Crippen molar-refractivity contribution in [3.63, 3.8) is 0 Å². The van der Waals surface area contributed by atoms with Crippen molar-refractivity contribution in [2.45, 2.75) is 185 Å². The summed E-state index contributed by atoms with van der Waals surface area (Å²) in [7, 11) is 0. The summed E-state index contributed by atoms with van der Waals surface area (Å²) < 4.78 is 0. The smallest absolute Gasteiger partial charge is 0.657 e. The Labute approximate surface area is 367 Å². The molecule has 0 spiro atoms. The van der Waals surface area contributed by atoms with Gasteiger partial charge in [0.1, 0.15) is 0 Å². The average molecular weight is 836 g/mol. The molecule has 1 aromatic carbocycles. The summed E-state index contributed by atoms with van der Waals surface area (Å²) in [4.78, 5) is 23.7. The number of unbranched alkanes of at least 4 members (excludes halogenated alkanes) is 3. The van der Waals surface area contributed by atoms with Crippen molar-refractivity contribution in [1.29, 1.82) is 0 Å². The number of benzene rings is 1. The number of allylic oxidation sites excluding steroid dienone is 4. The number of hydrogen-bond acceptors (Lipinski definition) is 2. The molecule has 5 heterocycles. The number of nitrogens with zero attached hydrogens (tertiary/aromatic N) is 4. The summed E-state index contributed by atoms with van der Waals surface area (Å²) in [6, 6.07) is 11.1. The Morgan fingerprint density at radius 1 is 0.373 bits per heavy atom. The fourth-order valence-corrected chi connectivity index (χ4v) is 10.2. The van der Waals surface area contributed by atoms with Crippen molar-refractivity contribution >= 4 is 44.4 Å². The van der Waals surface area contributed by atoms with Crippen LogP contribution in [-0.2, 0) is 61.4 Å². The normalized spacial score (nSPS) is 12.9. The van der Waals surface area contributed by atoms with Crippen molar-refractivity contribution in [3.8, 4) is 11.1 Å². The Kier molecular flexibility index (Phi) is 16.7. The second-order valence-electron chi connectivity index (χ2n) is 16.4. The molecule has 3 aromatic heterocycles. The van der Waals surface area contributed by atoms with Crippen LogP contribution in [0.2, 0.25) is 0 Å². The zero-order valence-electron chi connectivity index (χ0n) is 38.5. The molecule has 0 amide bonds. The van der Waals surface area contributed by atoms with E-state index in [2.05, 4.69) is 106 Å². The zero-order chi connectivity index (χ0) is 41.5. The van der Waals surface area contributed by atoms with Gasteiger partial charge in [-0.1, -0.05) is 148 Å². The molecule has 0 fully saturated rings. The first-order chi connectivity index (χ1) is 28.4. The van der Waals surface area contributed by atoms with Gasteiger partial charge in [-0.3, -0.25) is 0 Å². The van der Waals surface area contributed by atoms with Crippen LogP contribution in [0.25, 0.3) is 55.5 Å². The molecule has 8 bridgehead atoms. The molecule has 0 radical (unpaired) electrons. The molecule has 2 aliphatic rings. The molecule has 59 heavy (non-hydrogen) atoms. The molecular formula is C54H72N4Ni. The van der Waals surface area contributed by atoms with Crippen LogP contribution in [0.3, 0.4) is 0 Å². The predicted molar refractivity (Wildman–Crippen MR) is 253 cm³/mol. The van der Waals surface area contributed by atoms with Gasteiger partial charge >= 0.3 is 16.5 Å². The van der Waals surface area contributed by atoms with E-state index in [4.69, 9.17) is 19.9 Å². The molecule has 5 heteroatoms. The minimum Gasteiger partial charge on any atom is -0.657 e. The van der Waals surface area contributed by atoms with Crippen LogP contribution in [0, 0.1) is 0 Å². The summed E-state index contributed by atoms with van der Waals surface area (Å²) in [5, 5.41) is 0. The van der Waals surface area contributed by atoms with Crippen LogP contribution in [-0.4, -0.2) is 9.97 Å². The van der Waals surface area contributed by atoms with Gasteiger partial charge in [-0.15, -0.1) is 22.1 Å². The maximum absolute atomic E-state index is 5.93. The average Bonchev–Trinajstić information content (AvgIpc) is 4.01. The second-order valence-corrected chi connectivity index (χ2v) is 16.4. The number of aryl methyl sites for hydroxylation is 7. The Balaban J connectivity index is 0.00000661. The SMILES string of the molecule is CCCCc1c2nc(c(CCCC)c3[n-]c(c(CC)c3CC)c(-c3ccccc3)c3nc(c(CCCC)c4[n-]c1c(CC)c4CC)C(CC)=C3CC)C(CC)=C2CC.[Ni+2]. The summed E-state index contributed by atoms with van der Waals surface area (Å²) in [5.74, 6) is 0. The molecule has 0 N–H and O–H groups in total. The molecule has 0 saturated heterocycles. The Morgan fingerprint density at radius 2 is 0.695 bits per heavy atom. The number of hydrogen-bond donors (Lipinski definition) is 0. The van der Waals surface area contributed by atoms with Gasteiger partial charge in [0.05, 0.1) is 22.8 Å². The summed E-state index contributed by atoms with van der Waals surface area (Å²) in [6.45, 7) is 25.6. The second kappa shape index (κ2) is 21.2. The molecule has 4 nitrogen and oxygen atoms in total. The van der Waals surface area contributed by atoms with Crippen molar-refractivity contribution in [1.82, 2.24) is 19.9 Å². The molecule has 0 atom stereocenters. The van der Waals surface area contributed by atoms with Crippen molar-refractivity contribution < 1.29 is 16.5 Å². The third kappa shape index (κ3) is 8.49. The quantitative estimate of drug-likeness (QED) is 0.0937. The van der Waals surface area contributed by atoms with Crippen LogP contribution in [0.4, 0.5) is 0 Å². The van der Waals surface area contributed by atoms with E-state index >= 15 is 0 Å². The molecule has 2 aliphatic heterocycles. The minimum absolute atomic E-state index is 0. The van der Waals surface area contributed by atoms with E-state index in [0.717, 1.165) is 120 Å². The number of rotatable bonds is 18. The molecule has 0 unspecified atom stereocenters. The summed E-state index contributed by atoms with van der Waals surface area (Å²) in [5.41, 5.74) is 27.0. The molecular weight excluding hydrogens is 763 g/mol. The van der Waals surface area contributed by atoms with E-state index in [1.54, 1.807) is 0 Å². The van der Waals surface area contributed by atoms with Gasteiger partial charge in [-0.2, -0.15) is 0 Å². The van der Waals surface area contributed by atoms with Crippen molar-refractivity contribution in [3.05, 3.63) is 92.1 Å². The van der Waals surface area contributed by atoms with Crippen LogP contribution in [0.15, 0.2) is 30.3 Å². The number of aromatic nitrogens is 4. The third-order valence-electron chi connectivity index (χ3n) is 13.1. The topological polar surface area (TPSA) is 54.0 Å². The maximum Gasteiger partial charge on any atom is 2.00 e. The van der Waals surface area contributed by atoms with Gasteiger partial charge in [0.2, 0.25) is 0 Å². The van der Waals surface area contributed by atoms with Gasteiger partial charge in [-0.05, 0) is 140 Å². The van der Waals surface area contributed by atoms with Crippen molar-refractivity contribution in [2.75, 3.05) is 0 Å². The van der Waals surface area contributed by atoms with Crippen LogP contribution >= 0.6 is 0 Å². The van der Waals surface area contributed by atoms with E-state index in [1.165, 1.54) is 106 Å². The first kappa shape index (κ1) is 46.4. The minimum atomic E-state index is 0. The van der Waals surface area contributed by atoms with E-state index in [0.29, 0.717) is 0 Å². The molecule has 318 valence electrons.